The summed E-state index contributed by atoms with van der Waals surface area (Å²) in [7, 11) is 6.01. The van der Waals surface area contributed by atoms with E-state index in [1.54, 1.807) is 31.4 Å². The topological polar surface area (TPSA) is 98.6 Å². The van der Waals surface area contributed by atoms with E-state index in [4.69, 9.17) is 18.9 Å². The number of hydrogen-bond acceptors (Lipinski definition) is 7. The molecule has 2 aromatic carbocycles. The fraction of sp³-hybridized carbons (Fsp3) is 0.263. The van der Waals surface area contributed by atoms with Gasteiger partial charge in [0.05, 0.1) is 46.6 Å². The number of phenolic OH excluding ortho intramolecular Hbond substituents is 1. The Morgan fingerprint density at radius 1 is 1.00 bits per heavy atom. The van der Waals surface area contributed by atoms with Crippen LogP contribution in [-0.2, 0) is 11.2 Å². The summed E-state index contributed by atoms with van der Waals surface area (Å²) in [6.07, 6.45) is 1.41. The maximum absolute atomic E-state index is 12.1. The van der Waals surface area contributed by atoms with Gasteiger partial charge < -0.3 is 24.1 Å². The highest BCUT2D eigenvalue weighted by molar-refractivity contribution is 5.89. The van der Waals surface area contributed by atoms with Gasteiger partial charge in [-0.1, -0.05) is 6.07 Å². The molecule has 0 saturated heterocycles. The lowest BCUT2D eigenvalue weighted by atomic mass is 10.1. The molecule has 0 heterocycles. The average Bonchev–Trinajstić information content (AvgIpc) is 2.68. The predicted molar refractivity (Wildman–Crippen MR) is 100 cm³/mol. The van der Waals surface area contributed by atoms with Gasteiger partial charge >= 0.3 is 0 Å². The Balaban J connectivity index is 2.05. The number of carbonyl (C=O) groups excluding carboxylic acids is 1. The number of benzene rings is 2. The molecule has 0 radical (unpaired) electrons. The molecule has 0 bridgehead atoms. The molecule has 144 valence electrons. The van der Waals surface area contributed by atoms with Gasteiger partial charge in [0.15, 0.2) is 11.5 Å². The third-order valence-electron chi connectivity index (χ3n) is 3.74. The molecule has 8 nitrogen and oxygen atoms in total. The summed E-state index contributed by atoms with van der Waals surface area (Å²) in [6.45, 7) is 0. The third-order valence-corrected chi connectivity index (χ3v) is 3.74. The van der Waals surface area contributed by atoms with Crippen molar-refractivity contribution in [3.63, 3.8) is 0 Å². The van der Waals surface area contributed by atoms with Crippen molar-refractivity contribution >= 4 is 12.1 Å². The molecule has 0 saturated carbocycles. The highest BCUT2D eigenvalue weighted by Crippen LogP contribution is 2.31. The minimum absolute atomic E-state index is 0.0795. The fourth-order valence-corrected chi connectivity index (χ4v) is 2.39. The normalized spacial score (nSPS) is 10.5. The zero-order valence-corrected chi connectivity index (χ0v) is 15.6. The molecule has 0 fully saturated rings. The van der Waals surface area contributed by atoms with Crippen molar-refractivity contribution < 1.29 is 28.8 Å². The Labute approximate surface area is 157 Å². The van der Waals surface area contributed by atoms with Gasteiger partial charge in [0.2, 0.25) is 5.91 Å². The van der Waals surface area contributed by atoms with E-state index in [0.717, 1.165) is 5.56 Å². The van der Waals surface area contributed by atoms with E-state index >= 15 is 0 Å². The van der Waals surface area contributed by atoms with Crippen LogP contribution in [0.2, 0.25) is 0 Å². The minimum atomic E-state index is -0.328. The van der Waals surface area contributed by atoms with E-state index in [9.17, 15) is 9.90 Å². The monoisotopic (exact) mass is 374 g/mol. The second kappa shape index (κ2) is 9.33. The largest absolute Gasteiger partial charge is 0.507 e. The highest BCUT2D eigenvalue weighted by Gasteiger charge is 2.11. The summed E-state index contributed by atoms with van der Waals surface area (Å²) >= 11 is 0. The lowest BCUT2D eigenvalue weighted by molar-refractivity contribution is -0.120. The summed E-state index contributed by atoms with van der Waals surface area (Å²) in [4.78, 5) is 12.1. The van der Waals surface area contributed by atoms with E-state index in [1.807, 2.05) is 0 Å². The molecule has 8 heteroatoms. The molecule has 2 N–H and O–H groups in total. The number of amides is 1. The molecule has 0 aliphatic heterocycles. The first kappa shape index (κ1) is 19.9. The molecule has 0 aliphatic carbocycles. The van der Waals surface area contributed by atoms with Crippen LogP contribution >= 0.6 is 0 Å². The molecule has 1 amide bonds. The number of phenols is 1. The van der Waals surface area contributed by atoms with Crippen molar-refractivity contribution in [3.05, 3.63) is 41.5 Å². The summed E-state index contributed by atoms with van der Waals surface area (Å²) < 4.78 is 20.6. The number of nitrogens with one attached hydrogen (secondary N) is 1. The maximum atomic E-state index is 12.1. The van der Waals surface area contributed by atoms with Crippen molar-refractivity contribution in [2.45, 2.75) is 6.42 Å². The van der Waals surface area contributed by atoms with Crippen LogP contribution in [-0.4, -0.2) is 45.7 Å². The minimum Gasteiger partial charge on any atom is -0.507 e. The number of aromatic hydroxyl groups is 1. The van der Waals surface area contributed by atoms with Crippen LogP contribution < -0.4 is 24.4 Å². The van der Waals surface area contributed by atoms with E-state index in [1.165, 1.54) is 33.6 Å². The molecule has 0 atom stereocenters. The van der Waals surface area contributed by atoms with Crippen LogP contribution in [0.5, 0.6) is 28.7 Å². The van der Waals surface area contributed by atoms with Crippen molar-refractivity contribution in [2.24, 2.45) is 5.10 Å². The first-order valence-corrected chi connectivity index (χ1v) is 8.00. The Kier molecular flexibility index (Phi) is 6.87. The number of nitrogens with zero attached hydrogens (tertiary/aromatic N) is 1. The van der Waals surface area contributed by atoms with Crippen molar-refractivity contribution in [2.75, 3.05) is 28.4 Å². The second-order valence-corrected chi connectivity index (χ2v) is 5.42. The smallest absolute Gasteiger partial charge is 0.244 e. The van der Waals surface area contributed by atoms with E-state index < -0.39 is 0 Å². The van der Waals surface area contributed by atoms with Crippen molar-refractivity contribution in [3.8, 4) is 28.7 Å². The molecule has 0 spiro atoms. The number of methoxy groups -OCH3 is 4. The third kappa shape index (κ3) is 5.04. The lowest BCUT2D eigenvalue weighted by Gasteiger charge is -2.10. The first-order valence-electron chi connectivity index (χ1n) is 8.00. The SMILES string of the molecule is COc1cc(O)c(C=NNC(=O)Cc2ccc(OC)c(OC)c2)c(OC)c1. The Morgan fingerprint density at radius 2 is 1.70 bits per heavy atom. The molecule has 0 aliphatic rings. The first-order chi connectivity index (χ1) is 13.0. The quantitative estimate of drug-likeness (QED) is 0.542. The molecular weight excluding hydrogens is 352 g/mol. The van der Waals surface area contributed by atoms with Gasteiger partial charge in [-0.05, 0) is 17.7 Å². The van der Waals surface area contributed by atoms with Gasteiger partial charge in [-0.3, -0.25) is 4.79 Å². The van der Waals surface area contributed by atoms with Crippen LogP contribution in [0.4, 0.5) is 0 Å². The molecular formula is C19H22N2O6. The molecule has 27 heavy (non-hydrogen) atoms. The van der Waals surface area contributed by atoms with Gasteiger partial charge in [0.1, 0.15) is 17.2 Å². The van der Waals surface area contributed by atoms with Crippen LogP contribution in [0.25, 0.3) is 0 Å². The second-order valence-electron chi connectivity index (χ2n) is 5.42. The zero-order valence-electron chi connectivity index (χ0n) is 15.6. The Bertz CT molecular complexity index is 835. The Hall–Kier alpha value is -3.42. The van der Waals surface area contributed by atoms with E-state index in [-0.39, 0.29) is 18.1 Å². The maximum Gasteiger partial charge on any atom is 0.244 e. The average molecular weight is 374 g/mol. The van der Waals surface area contributed by atoms with Crippen LogP contribution in [0, 0.1) is 0 Å². The predicted octanol–water partition coefficient (Wildman–Crippen LogP) is 2.12. The number of ether oxygens (including phenoxy) is 4. The van der Waals surface area contributed by atoms with Crippen LogP contribution in [0.1, 0.15) is 11.1 Å². The van der Waals surface area contributed by atoms with E-state index in [2.05, 4.69) is 10.5 Å². The molecule has 0 aromatic heterocycles. The van der Waals surface area contributed by atoms with Gasteiger partial charge in [0, 0.05) is 12.1 Å². The van der Waals surface area contributed by atoms with Crippen LogP contribution in [0.15, 0.2) is 35.4 Å². The summed E-state index contributed by atoms with van der Waals surface area (Å²) in [6, 6.07) is 8.25. The molecule has 2 rings (SSSR count). The van der Waals surface area contributed by atoms with Gasteiger partial charge in [-0.2, -0.15) is 5.10 Å². The highest BCUT2D eigenvalue weighted by atomic mass is 16.5. The lowest BCUT2D eigenvalue weighted by Crippen LogP contribution is -2.19. The Morgan fingerprint density at radius 3 is 2.33 bits per heavy atom. The molecule has 2 aromatic rings. The van der Waals surface area contributed by atoms with Crippen LogP contribution in [0.3, 0.4) is 0 Å². The van der Waals surface area contributed by atoms with Crippen molar-refractivity contribution in [1.29, 1.82) is 0 Å². The summed E-state index contributed by atoms with van der Waals surface area (Å²) in [5.41, 5.74) is 3.48. The number of carbonyl (C=O) groups is 1. The summed E-state index contributed by atoms with van der Waals surface area (Å²) in [5.74, 6) is 1.53. The van der Waals surface area contributed by atoms with Gasteiger partial charge in [0.25, 0.3) is 0 Å². The molecule has 0 unspecified atom stereocenters. The fourth-order valence-electron chi connectivity index (χ4n) is 2.39. The van der Waals surface area contributed by atoms with Gasteiger partial charge in [-0.15, -0.1) is 0 Å². The van der Waals surface area contributed by atoms with E-state index in [0.29, 0.717) is 28.6 Å². The standard InChI is InChI=1S/C19H22N2O6/c1-24-13-9-15(22)14(17(10-13)26-3)11-20-21-19(23)8-12-5-6-16(25-2)18(7-12)27-4/h5-7,9-11,22H,8H2,1-4H3,(H,21,23). The number of hydrazone groups is 1. The van der Waals surface area contributed by atoms with Gasteiger partial charge in [-0.25, -0.2) is 5.43 Å². The zero-order chi connectivity index (χ0) is 19.8. The number of rotatable bonds is 8. The summed E-state index contributed by atoms with van der Waals surface area (Å²) in [5, 5.41) is 13.9. The number of hydrogen-bond donors (Lipinski definition) is 2. The van der Waals surface area contributed by atoms with Crippen molar-refractivity contribution in [1.82, 2.24) is 5.43 Å².